The third-order valence-electron chi connectivity index (χ3n) is 5.34. The first-order chi connectivity index (χ1) is 15.2. The number of hydrogen-bond acceptors (Lipinski definition) is 6. The van der Waals surface area contributed by atoms with Crippen LogP contribution in [0.4, 0.5) is 4.79 Å². The van der Waals surface area contributed by atoms with E-state index in [1.807, 2.05) is 45.0 Å². The molecule has 2 atom stereocenters. The molecule has 0 radical (unpaired) electrons. The van der Waals surface area contributed by atoms with Crippen LogP contribution in [0.15, 0.2) is 53.3 Å². The van der Waals surface area contributed by atoms with Crippen molar-refractivity contribution >= 4 is 23.0 Å². The molecular formula is C24H27N3O5. The first kappa shape index (κ1) is 21.8. The van der Waals surface area contributed by atoms with Crippen LogP contribution >= 0.6 is 0 Å². The number of carbonyl (C=O) groups excluding carboxylic acids is 2. The number of aromatic nitrogens is 1. The van der Waals surface area contributed by atoms with Gasteiger partial charge in [0.05, 0.1) is 30.6 Å². The minimum atomic E-state index is -0.585. The SMILES string of the molecule is CO[C@H]1CN(C(=O)OC(C)(C)C)C[C@H]1NC(=O)c1ccc(-c2nccc3occc23)cc1. The Labute approximate surface area is 186 Å². The Morgan fingerprint density at radius 3 is 2.56 bits per heavy atom. The molecule has 2 aromatic heterocycles. The van der Waals surface area contributed by atoms with Crippen molar-refractivity contribution in [2.24, 2.45) is 0 Å². The molecule has 0 spiro atoms. The van der Waals surface area contributed by atoms with Gasteiger partial charge in [-0.3, -0.25) is 9.78 Å². The Morgan fingerprint density at radius 1 is 1.12 bits per heavy atom. The summed E-state index contributed by atoms with van der Waals surface area (Å²) >= 11 is 0. The summed E-state index contributed by atoms with van der Waals surface area (Å²) in [5, 5.41) is 3.90. The topological polar surface area (TPSA) is 93.9 Å². The number of rotatable bonds is 4. The highest BCUT2D eigenvalue weighted by atomic mass is 16.6. The number of nitrogens with zero attached hydrogens (tertiary/aromatic N) is 2. The molecule has 1 fully saturated rings. The first-order valence-electron chi connectivity index (χ1n) is 10.5. The van der Waals surface area contributed by atoms with Crippen LogP contribution in [0.3, 0.4) is 0 Å². The molecule has 32 heavy (non-hydrogen) atoms. The smallest absolute Gasteiger partial charge is 0.410 e. The summed E-state index contributed by atoms with van der Waals surface area (Å²) in [5.41, 5.74) is 2.38. The van der Waals surface area contributed by atoms with Crippen molar-refractivity contribution in [3.05, 3.63) is 54.4 Å². The summed E-state index contributed by atoms with van der Waals surface area (Å²) in [4.78, 5) is 31.3. The van der Waals surface area contributed by atoms with Crippen molar-refractivity contribution in [1.29, 1.82) is 0 Å². The van der Waals surface area contributed by atoms with Crippen molar-refractivity contribution in [3.63, 3.8) is 0 Å². The van der Waals surface area contributed by atoms with E-state index in [1.165, 1.54) is 0 Å². The number of hydrogen-bond donors (Lipinski definition) is 1. The molecule has 1 N–H and O–H groups in total. The van der Waals surface area contributed by atoms with E-state index in [-0.39, 0.29) is 18.1 Å². The van der Waals surface area contributed by atoms with E-state index >= 15 is 0 Å². The fraction of sp³-hybridized carbons (Fsp3) is 0.375. The van der Waals surface area contributed by atoms with E-state index in [0.29, 0.717) is 18.7 Å². The van der Waals surface area contributed by atoms with Crippen LogP contribution in [-0.2, 0) is 9.47 Å². The number of methoxy groups -OCH3 is 1. The molecule has 1 aromatic carbocycles. The summed E-state index contributed by atoms with van der Waals surface area (Å²) < 4.78 is 16.4. The Hall–Kier alpha value is -3.39. The first-order valence-corrected chi connectivity index (χ1v) is 10.5. The predicted octanol–water partition coefficient (Wildman–Crippen LogP) is 3.86. The normalized spacial score (nSPS) is 18.7. The van der Waals surface area contributed by atoms with Gasteiger partial charge >= 0.3 is 6.09 Å². The third-order valence-corrected chi connectivity index (χ3v) is 5.34. The van der Waals surface area contributed by atoms with E-state index < -0.39 is 11.7 Å². The third kappa shape index (κ3) is 4.60. The molecule has 0 saturated carbocycles. The predicted molar refractivity (Wildman–Crippen MR) is 119 cm³/mol. The van der Waals surface area contributed by atoms with Gasteiger partial charge in [0.15, 0.2) is 0 Å². The lowest BCUT2D eigenvalue weighted by Gasteiger charge is -2.24. The second kappa shape index (κ2) is 8.63. The average Bonchev–Trinajstić information content (AvgIpc) is 3.39. The number of likely N-dealkylation sites (tertiary alicyclic amines) is 1. The van der Waals surface area contributed by atoms with Gasteiger partial charge in [-0.2, -0.15) is 0 Å². The number of pyridine rings is 1. The lowest BCUT2D eigenvalue weighted by molar-refractivity contribution is 0.0252. The fourth-order valence-corrected chi connectivity index (χ4v) is 3.78. The van der Waals surface area contributed by atoms with Gasteiger partial charge in [0.1, 0.15) is 11.2 Å². The van der Waals surface area contributed by atoms with Crippen molar-refractivity contribution < 1.29 is 23.5 Å². The zero-order valence-electron chi connectivity index (χ0n) is 18.6. The van der Waals surface area contributed by atoms with Gasteiger partial charge in [-0.25, -0.2) is 4.79 Å². The largest absolute Gasteiger partial charge is 0.464 e. The molecule has 0 unspecified atom stereocenters. The maximum Gasteiger partial charge on any atom is 0.410 e. The van der Waals surface area contributed by atoms with Crippen molar-refractivity contribution in [1.82, 2.24) is 15.2 Å². The molecule has 1 saturated heterocycles. The fourth-order valence-electron chi connectivity index (χ4n) is 3.78. The molecule has 168 valence electrons. The molecule has 0 aliphatic carbocycles. The lowest BCUT2D eigenvalue weighted by atomic mass is 10.1. The molecule has 4 rings (SSSR count). The zero-order valence-corrected chi connectivity index (χ0v) is 18.6. The second-order valence-corrected chi connectivity index (χ2v) is 8.81. The van der Waals surface area contributed by atoms with Gasteiger partial charge in [0, 0.05) is 36.4 Å². The number of benzene rings is 1. The van der Waals surface area contributed by atoms with Crippen LogP contribution in [-0.4, -0.2) is 59.8 Å². The quantitative estimate of drug-likeness (QED) is 0.666. The van der Waals surface area contributed by atoms with Gasteiger partial charge in [-0.05, 0) is 45.0 Å². The van der Waals surface area contributed by atoms with E-state index in [1.54, 1.807) is 36.6 Å². The summed E-state index contributed by atoms with van der Waals surface area (Å²) in [6, 6.07) is 10.6. The van der Waals surface area contributed by atoms with Crippen LogP contribution in [0.2, 0.25) is 0 Å². The van der Waals surface area contributed by atoms with E-state index in [0.717, 1.165) is 22.2 Å². The minimum absolute atomic E-state index is 0.232. The van der Waals surface area contributed by atoms with Crippen molar-refractivity contribution in [3.8, 4) is 11.3 Å². The Kier molecular flexibility index (Phi) is 5.88. The minimum Gasteiger partial charge on any atom is -0.464 e. The van der Waals surface area contributed by atoms with Crippen LogP contribution in [0.5, 0.6) is 0 Å². The van der Waals surface area contributed by atoms with Crippen LogP contribution in [0.25, 0.3) is 22.2 Å². The molecule has 2 amide bonds. The molecule has 8 nitrogen and oxygen atoms in total. The molecule has 0 bridgehead atoms. The van der Waals surface area contributed by atoms with E-state index in [9.17, 15) is 9.59 Å². The number of amides is 2. The van der Waals surface area contributed by atoms with Gasteiger partial charge < -0.3 is 24.1 Å². The summed E-state index contributed by atoms with van der Waals surface area (Å²) in [6.45, 7) is 6.14. The van der Waals surface area contributed by atoms with Gasteiger partial charge in [-0.15, -0.1) is 0 Å². The second-order valence-electron chi connectivity index (χ2n) is 8.81. The Bertz CT molecular complexity index is 1120. The molecule has 8 heteroatoms. The number of nitrogens with one attached hydrogen (secondary N) is 1. The standard InChI is InChI=1S/C24H27N3O5/c1-24(2,3)32-23(29)27-13-18(20(14-27)30-4)26-22(28)16-7-5-15(6-8-16)21-17-10-12-31-19(17)9-11-25-21/h5-12,18,20H,13-14H2,1-4H3,(H,26,28)/t18-,20+/m1/s1. The number of fused-ring (bicyclic) bond motifs is 1. The Balaban J connectivity index is 1.44. The summed E-state index contributed by atoms with van der Waals surface area (Å²) in [7, 11) is 1.57. The lowest BCUT2D eigenvalue weighted by Crippen LogP contribution is -2.44. The highest BCUT2D eigenvalue weighted by Gasteiger charge is 2.38. The number of ether oxygens (including phenoxy) is 2. The van der Waals surface area contributed by atoms with Gasteiger partial charge in [-0.1, -0.05) is 12.1 Å². The molecule has 1 aliphatic rings. The summed E-state index contributed by atoms with van der Waals surface area (Å²) in [5.74, 6) is -0.232. The maximum atomic E-state index is 12.9. The molecule has 3 aromatic rings. The van der Waals surface area contributed by atoms with Crippen LogP contribution < -0.4 is 5.32 Å². The van der Waals surface area contributed by atoms with Crippen molar-refractivity contribution in [2.45, 2.75) is 38.5 Å². The highest BCUT2D eigenvalue weighted by molar-refractivity contribution is 5.96. The van der Waals surface area contributed by atoms with Gasteiger partial charge in [0.25, 0.3) is 5.91 Å². The average molecular weight is 437 g/mol. The molecule has 1 aliphatic heterocycles. The van der Waals surface area contributed by atoms with Crippen LogP contribution in [0.1, 0.15) is 31.1 Å². The zero-order chi connectivity index (χ0) is 22.9. The Morgan fingerprint density at radius 2 is 1.88 bits per heavy atom. The van der Waals surface area contributed by atoms with E-state index in [4.69, 9.17) is 13.9 Å². The molecule has 3 heterocycles. The summed E-state index contributed by atoms with van der Waals surface area (Å²) in [6.07, 6.45) is 2.60. The monoisotopic (exact) mass is 437 g/mol. The molecular weight excluding hydrogens is 410 g/mol. The van der Waals surface area contributed by atoms with Gasteiger partial charge in [0.2, 0.25) is 0 Å². The maximum absolute atomic E-state index is 12.9. The highest BCUT2D eigenvalue weighted by Crippen LogP contribution is 2.27. The van der Waals surface area contributed by atoms with E-state index in [2.05, 4.69) is 10.3 Å². The van der Waals surface area contributed by atoms with Crippen molar-refractivity contribution in [2.75, 3.05) is 20.2 Å². The number of furan rings is 1. The number of carbonyl (C=O) groups is 2. The van der Waals surface area contributed by atoms with Crippen LogP contribution in [0, 0.1) is 0 Å².